The summed E-state index contributed by atoms with van der Waals surface area (Å²) in [7, 11) is 4.80. The van der Waals surface area contributed by atoms with E-state index in [1.165, 1.54) is 0 Å². The van der Waals surface area contributed by atoms with Crippen molar-refractivity contribution >= 4 is 44.5 Å². The van der Waals surface area contributed by atoms with Gasteiger partial charge < -0.3 is 19.5 Å². The van der Waals surface area contributed by atoms with Gasteiger partial charge in [-0.2, -0.15) is 0 Å². The molecule has 0 radical (unpaired) electrons. The fourth-order valence-corrected chi connectivity index (χ4v) is 3.93. The van der Waals surface area contributed by atoms with Gasteiger partial charge in [-0.15, -0.1) is 0 Å². The number of nitrogens with one attached hydrogen (secondary N) is 1. The molecule has 0 bridgehead atoms. The summed E-state index contributed by atoms with van der Waals surface area (Å²) < 4.78 is 17.7. The molecule has 32 heavy (non-hydrogen) atoms. The Balaban J connectivity index is 1.68. The third-order valence-corrected chi connectivity index (χ3v) is 5.55. The fourth-order valence-electron chi connectivity index (χ4n) is 3.55. The normalized spacial score (nSPS) is 10.6. The monoisotopic (exact) mass is 491 g/mol. The molecule has 0 aliphatic carbocycles. The fraction of sp³-hybridized carbons (Fsp3) is 0.120. The summed E-state index contributed by atoms with van der Waals surface area (Å²) in [6, 6.07) is 15.7. The van der Waals surface area contributed by atoms with Gasteiger partial charge in [-0.3, -0.25) is 0 Å². The zero-order valence-corrected chi connectivity index (χ0v) is 19.6. The number of methoxy groups -OCH3 is 3. The third-order valence-electron chi connectivity index (χ3n) is 5.05. The van der Waals surface area contributed by atoms with E-state index in [-0.39, 0.29) is 0 Å². The first-order valence-electron chi connectivity index (χ1n) is 9.83. The highest BCUT2D eigenvalue weighted by Gasteiger charge is 2.20. The second-order valence-corrected chi connectivity index (χ2v) is 7.83. The number of rotatable bonds is 7. The Labute approximate surface area is 195 Å². The standard InChI is InChI=1S/C25H22BrN3O3/c1-5-15-13-21(30-2)23(31-3)24(32-4)22(15)16-6-9-19(10-7-16)28-25-27-14-17-12-18(26)8-11-20(17)29-25/h5-14H,1H2,2-4H3,(H,27,28,29). The molecule has 1 aromatic heterocycles. The predicted octanol–water partition coefficient (Wildman–Crippen LogP) is 6.47. The Morgan fingerprint density at radius 2 is 1.69 bits per heavy atom. The maximum atomic E-state index is 5.69. The summed E-state index contributed by atoms with van der Waals surface area (Å²) in [6.45, 7) is 3.94. The lowest BCUT2D eigenvalue weighted by Crippen LogP contribution is -2.00. The molecule has 0 aliphatic rings. The number of hydrogen-bond donors (Lipinski definition) is 1. The maximum Gasteiger partial charge on any atom is 0.227 e. The van der Waals surface area contributed by atoms with E-state index >= 15 is 0 Å². The molecule has 0 spiro atoms. The molecule has 4 rings (SSSR count). The summed E-state index contributed by atoms with van der Waals surface area (Å²) in [6.07, 6.45) is 3.57. The van der Waals surface area contributed by atoms with Gasteiger partial charge in [-0.1, -0.05) is 40.7 Å². The van der Waals surface area contributed by atoms with Gasteiger partial charge in [0.1, 0.15) is 0 Å². The quantitative estimate of drug-likeness (QED) is 0.319. The first-order valence-corrected chi connectivity index (χ1v) is 10.6. The minimum absolute atomic E-state index is 0.531. The van der Waals surface area contributed by atoms with Crippen LogP contribution in [-0.4, -0.2) is 31.3 Å². The number of nitrogens with zero attached hydrogens (tertiary/aromatic N) is 2. The SMILES string of the molecule is C=Cc1cc(OC)c(OC)c(OC)c1-c1ccc(Nc2ncc3cc(Br)ccc3n2)cc1. The van der Waals surface area contributed by atoms with Gasteiger partial charge in [-0.25, -0.2) is 9.97 Å². The number of hydrogen-bond acceptors (Lipinski definition) is 6. The van der Waals surface area contributed by atoms with E-state index < -0.39 is 0 Å². The molecule has 0 aliphatic heterocycles. The average molecular weight is 492 g/mol. The molecule has 0 unspecified atom stereocenters. The summed E-state index contributed by atoms with van der Waals surface area (Å²) in [4.78, 5) is 9.00. The Morgan fingerprint density at radius 1 is 0.938 bits per heavy atom. The highest BCUT2D eigenvalue weighted by molar-refractivity contribution is 9.10. The molecule has 7 heteroatoms. The Kier molecular flexibility index (Phi) is 6.28. The van der Waals surface area contributed by atoms with Crippen molar-refractivity contribution in [1.29, 1.82) is 0 Å². The van der Waals surface area contributed by atoms with E-state index in [2.05, 4.69) is 37.8 Å². The molecule has 0 saturated heterocycles. The number of ether oxygens (including phenoxy) is 3. The van der Waals surface area contributed by atoms with Crippen LogP contribution in [0.1, 0.15) is 5.56 Å². The second kappa shape index (κ2) is 9.28. The topological polar surface area (TPSA) is 65.5 Å². The van der Waals surface area contributed by atoms with Crippen molar-refractivity contribution in [3.8, 4) is 28.4 Å². The zero-order valence-electron chi connectivity index (χ0n) is 18.0. The number of halogens is 1. The van der Waals surface area contributed by atoms with Crippen molar-refractivity contribution in [3.63, 3.8) is 0 Å². The van der Waals surface area contributed by atoms with Crippen molar-refractivity contribution in [3.05, 3.63) is 71.3 Å². The molecule has 3 aromatic carbocycles. The van der Waals surface area contributed by atoms with E-state index in [0.717, 1.165) is 37.8 Å². The average Bonchev–Trinajstić information content (AvgIpc) is 2.83. The highest BCUT2D eigenvalue weighted by atomic mass is 79.9. The minimum atomic E-state index is 0.531. The molecular formula is C25H22BrN3O3. The number of benzene rings is 3. The van der Waals surface area contributed by atoms with Gasteiger partial charge in [0.2, 0.25) is 11.7 Å². The smallest absolute Gasteiger partial charge is 0.227 e. The van der Waals surface area contributed by atoms with Gasteiger partial charge in [0.05, 0.1) is 26.8 Å². The predicted molar refractivity (Wildman–Crippen MR) is 132 cm³/mol. The summed E-state index contributed by atoms with van der Waals surface area (Å²) >= 11 is 3.47. The van der Waals surface area contributed by atoms with Crippen molar-refractivity contribution in [2.24, 2.45) is 0 Å². The molecule has 162 valence electrons. The van der Waals surface area contributed by atoms with Gasteiger partial charge >= 0.3 is 0 Å². The van der Waals surface area contributed by atoms with Gasteiger partial charge in [0.25, 0.3) is 0 Å². The molecule has 0 saturated carbocycles. The van der Waals surface area contributed by atoms with Crippen molar-refractivity contribution < 1.29 is 14.2 Å². The van der Waals surface area contributed by atoms with Gasteiger partial charge in [-0.05, 0) is 47.5 Å². The Morgan fingerprint density at radius 3 is 2.34 bits per heavy atom. The summed E-state index contributed by atoms with van der Waals surface area (Å²) in [5.41, 5.74) is 4.44. The summed E-state index contributed by atoms with van der Waals surface area (Å²) in [5, 5.41) is 4.23. The van der Waals surface area contributed by atoms with Crippen molar-refractivity contribution in [2.45, 2.75) is 0 Å². The van der Waals surface area contributed by atoms with E-state index in [0.29, 0.717) is 23.2 Å². The first kappa shape index (κ1) is 21.6. The molecule has 0 amide bonds. The van der Waals surface area contributed by atoms with Crippen LogP contribution >= 0.6 is 15.9 Å². The first-order chi connectivity index (χ1) is 15.6. The van der Waals surface area contributed by atoms with E-state index in [9.17, 15) is 0 Å². The van der Waals surface area contributed by atoms with Crippen LogP contribution in [0, 0.1) is 0 Å². The van der Waals surface area contributed by atoms with Crippen LogP contribution in [-0.2, 0) is 0 Å². The lowest BCUT2D eigenvalue weighted by atomic mass is 9.97. The van der Waals surface area contributed by atoms with E-state index in [1.807, 2.05) is 48.5 Å². The summed E-state index contributed by atoms with van der Waals surface area (Å²) in [5.74, 6) is 2.24. The third kappa shape index (κ3) is 4.11. The van der Waals surface area contributed by atoms with Crippen LogP contribution in [0.3, 0.4) is 0 Å². The molecule has 0 fully saturated rings. The van der Waals surface area contributed by atoms with Crippen molar-refractivity contribution in [2.75, 3.05) is 26.6 Å². The number of anilines is 2. The van der Waals surface area contributed by atoms with Crippen molar-refractivity contribution in [1.82, 2.24) is 9.97 Å². The van der Waals surface area contributed by atoms with Crippen LogP contribution < -0.4 is 19.5 Å². The largest absolute Gasteiger partial charge is 0.493 e. The van der Waals surface area contributed by atoms with Crippen LogP contribution in [0.5, 0.6) is 17.2 Å². The second-order valence-electron chi connectivity index (χ2n) is 6.91. The Bertz CT molecular complexity index is 1290. The molecular weight excluding hydrogens is 470 g/mol. The van der Waals surface area contributed by atoms with E-state index in [4.69, 9.17) is 14.2 Å². The number of aromatic nitrogens is 2. The maximum absolute atomic E-state index is 5.69. The molecule has 0 atom stereocenters. The highest BCUT2D eigenvalue weighted by Crippen LogP contribution is 2.47. The Hall–Kier alpha value is -3.58. The lowest BCUT2D eigenvalue weighted by molar-refractivity contribution is 0.325. The van der Waals surface area contributed by atoms with Gasteiger partial charge in [0, 0.05) is 27.3 Å². The van der Waals surface area contributed by atoms with Crippen LogP contribution in [0.4, 0.5) is 11.6 Å². The van der Waals surface area contributed by atoms with E-state index in [1.54, 1.807) is 33.6 Å². The number of fused-ring (bicyclic) bond motifs is 1. The minimum Gasteiger partial charge on any atom is -0.493 e. The van der Waals surface area contributed by atoms with Crippen LogP contribution in [0.25, 0.3) is 28.1 Å². The molecule has 1 N–H and O–H groups in total. The molecule has 4 aromatic rings. The van der Waals surface area contributed by atoms with Crippen LogP contribution in [0.15, 0.2) is 65.8 Å². The lowest BCUT2D eigenvalue weighted by Gasteiger charge is -2.19. The van der Waals surface area contributed by atoms with Gasteiger partial charge in [0.15, 0.2) is 11.5 Å². The molecule has 1 heterocycles. The molecule has 6 nitrogen and oxygen atoms in total. The van der Waals surface area contributed by atoms with Crippen LogP contribution in [0.2, 0.25) is 0 Å². The zero-order chi connectivity index (χ0) is 22.7.